The Hall–Kier alpha value is -3.15. The van der Waals surface area contributed by atoms with Gasteiger partial charge >= 0.3 is 5.97 Å². The number of carbonyl (C=O) groups excluding carboxylic acids is 3. The van der Waals surface area contributed by atoms with Crippen molar-refractivity contribution in [1.29, 1.82) is 0 Å². The maximum atomic E-state index is 12.6. The first-order valence-electron chi connectivity index (χ1n) is 9.03. The number of rotatable bonds is 4. The van der Waals surface area contributed by atoms with Gasteiger partial charge in [-0.15, -0.1) is 0 Å². The highest BCUT2D eigenvalue weighted by Crippen LogP contribution is 2.34. The zero-order valence-electron chi connectivity index (χ0n) is 15.0. The lowest BCUT2D eigenvalue weighted by Gasteiger charge is -2.30. The van der Waals surface area contributed by atoms with Crippen LogP contribution in [0.3, 0.4) is 0 Å². The van der Waals surface area contributed by atoms with E-state index in [4.69, 9.17) is 4.74 Å². The molecule has 0 radical (unpaired) electrons. The van der Waals surface area contributed by atoms with Crippen molar-refractivity contribution < 1.29 is 19.1 Å². The van der Waals surface area contributed by atoms with Crippen LogP contribution in [0, 0.1) is 0 Å². The molecular formula is C21H20N2O4. The minimum atomic E-state index is -0.348. The Balaban J connectivity index is 1.40. The van der Waals surface area contributed by atoms with Crippen LogP contribution in [0.5, 0.6) is 0 Å². The Kier molecular flexibility index (Phi) is 4.39. The van der Waals surface area contributed by atoms with Crippen molar-refractivity contribution in [2.45, 2.75) is 25.3 Å². The first-order chi connectivity index (χ1) is 13.1. The molecule has 2 heterocycles. The summed E-state index contributed by atoms with van der Waals surface area (Å²) in [5.74, 6) is -1.35. The van der Waals surface area contributed by atoms with Crippen LogP contribution in [0.25, 0.3) is 0 Å². The van der Waals surface area contributed by atoms with Gasteiger partial charge in [0.2, 0.25) is 0 Å². The van der Waals surface area contributed by atoms with Crippen molar-refractivity contribution in [2.75, 3.05) is 18.5 Å². The number of amides is 2. The lowest BCUT2D eigenvalue weighted by molar-refractivity contribution is -0.146. The number of nitrogens with one attached hydrogen (secondary N) is 1. The van der Waals surface area contributed by atoms with Gasteiger partial charge in [0.25, 0.3) is 11.8 Å². The number of hydrogen-bond acceptors (Lipinski definition) is 5. The van der Waals surface area contributed by atoms with Gasteiger partial charge < -0.3 is 10.1 Å². The highest BCUT2D eigenvalue weighted by atomic mass is 16.5. The van der Waals surface area contributed by atoms with Crippen molar-refractivity contribution in [3.8, 4) is 0 Å². The van der Waals surface area contributed by atoms with Gasteiger partial charge in [-0.3, -0.25) is 19.3 Å². The molecule has 27 heavy (non-hydrogen) atoms. The van der Waals surface area contributed by atoms with Gasteiger partial charge in [-0.25, -0.2) is 0 Å². The average Bonchev–Trinajstić information content (AvgIpc) is 2.92. The summed E-state index contributed by atoms with van der Waals surface area (Å²) in [6, 6.07) is 14.6. The van der Waals surface area contributed by atoms with Gasteiger partial charge in [0.1, 0.15) is 6.61 Å². The number of imide groups is 1. The van der Waals surface area contributed by atoms with Gasteiger partial charge in [0, 0.05) is 11.7 Å². The molecule has 0 fully saturated rings. The summed E-state index contributed by atoms with van der Waals surface area (Å²) in [4.78, 5) is 38.5. The molecule has 0 unspecified atom stereocenters. The van der Waals surface area contributed by atoms with Crippen LogP contribution in [-0.2, 0) is 9.53 Å². The maximum Gasteiger partial charge on any atom is 0.313 e. The smallest absolute Gasteiger partial charge is 0.313 e. The summed E-state index contributed by atoms with van der Waals surface area (Å²) in [5, 5.41) is 3.36. The summed E-state index contributed by atoms with van der Waals surface area (Å²) < 4.78 is 5.43. The summed E-state index contributed by atoms with van der Waals surface area (Å²) in [7, 11) is 0. The fourth-order valence-corrected chi connectivity index (χ4v) is 3.74. The molecule has 0 aliphatic carbocycles. The normalized spacial score (nSPS) is 20.7. The van der Waals surface area contributed by atoms with Crippen LogP contribution < -0.4 is 5.32 Å². The molecule has 6 nitrogen and oxygen atoms in total. The monoisotopic (exact) mass is 364 g/mol. The predicted octanol–water partition coefficient (Wildman–Crippen LogP) is 2.81. The first kappa shape index (κ1) is 17.3. The van der Waals surface area contributed by atoms with Crippen molar-refractivity contribution in [1.82, 2.24) is 4.90 Å². The topological polar surface area (TPSA) is 75.7 Å². The number of anilines is 1. The van der Waals surface area contributed by atoms with Crippen molar-refractivity contribution in [3.63, 3.8) is 0 Å². The average molecular weight is 364 g/mol. The molecule has 0 bridgehead atoms. The van der Waals surface area contributed by atoms with Gasteiger partial charge in [-0.05, 0) is 37.1 Å². The van der Waals surface area contributed by atoms with E-state index in [2.05, 4.69) is 5.32 Å². The van der Waals surface area contributed by atoms with Crippen LogP contribution >= 0.6 is 0 Å². The quantitative estimate of drug-likeness (QED) is 0.667. The van der Waals surface area contributed by atoms with Gasteiger partial charge in [-0.2, -0.15) is 0 Å². The number of hydrogen-bond donors (Lipinski definition) is 1. The molecule has 0 aromatic heterocycles. The highest BCUT2D eigenvalue weighted by Gasteiger charge is 2.35. The van der Waals surface area contributed by atoms with E-state index in [-0.39, 0.29) is 42.9 Å². The third-order valence-corrected chi connectivity index (χ3v) is 5.05. The zero-order valence-corrected chi connectivity index (χ0v) is 15.0. The number of fused-ring (bicyclic) bond motifs is 2. The molecule has 2 amide bonds. The highest BCUT2D eigenvalue weighted by molar-refractivity contribution is 6.21. The van der Waals surface area contributed by atoms with Crippen LogP contribution in [-0.4, -0.2) is 41.9 Å². The second-order valence-corrected chi connectivity index (χ2v) is 6.90. The van der Waals surface area contributed by atoms with E-state index < -0.39 is 0 Å². The molecule has 1 N–H and O–H groups in total. The maximum absolute atomic E-state index is 12.6. The summed E-state index contributed by atoms with van der Waals surface area (Å²) in [5.41, 5.74) is 2.66. The minimum Gasteiger partial charge on any atom is -0.463 e. The Morgan fingerprint density at radius 2 is 1.70 bits per heavy atom. The number of para-hydroxylation sites is 1. The lowest BCUT2D eigenvalue weighted by Crippen LogP contribution is -2.35. The Morgan fingerprint density at radius 1 is 1.07 bits per heavy atom. The van der Waals surface area contributed by atoms with E-state index in [1.54, 1.807) is 24.3 Å². The van der Waals surface area contributed by atoms with Crippen molar-refractivity contribution in [2.24, 2.45) is 0 Å². The Bertz CT molecular complexity index is 889. The fourth-order valence-electron chi connectivity index (χ4n) is 3.74. The van der Waals surface area contributed by atoms with E-state index in [9.17, 15) is 14.4 Å². The van der Waals surface area contributed by atoms with E-state index in [0.29, 0.717) is 17.5 Å². The Labute approximate surface area is 157 Å². The molecule has 2 aromatic carbocycles. The van der Waals surface area contributed by atoms with Gasteiger partial charge in [0.15, 0.2) is 0 Å². The molecule has 0 saturated heterocycles. The molecule has 138 valence electrons. The summed E-state index contributed by atoms with van der Waals surface area (Å²) >= 11 is 0. The van der Waals surface area contributed by atoms with E-state index in [1.807, 2.05) is 31.2 Å². The van der Waals surface area contributed by atoms with Crippen LogP contribution in [0.2, 0.25) is 0 Å². The summed E-state index contributed by atoms with van der Waals surface area (Å²) in [6.45, 7) is 2.07. The second kappa shape index (κ2) is 6.87. The molecular weight excluding hydrogens is 344 g/mol. The standard InChI is InChI=1S/C21H20N2O4/c1-13-12-17(14-6-4-5-9-18(14)22-13)21(26)27-11-10-23-19(24)15-7-2-3-8-16(15)20(23)25/h2-9,13,17,22H,10-12H2,1H3/t13-,17-/m1/s1. The SMILES string of the molecule is C[C@@H]1C[C@@H](C(=O)OCCN2C(=O)c3ccccc3C2=O)c2ccccc2N1. The molecule has 2 aromatic rings. The van der Waals surface area contributed by atoms with Crippen LogP contribution in [0.4, 0.5) is 5.69 Å². The number of benzene rings is 2. The zero-order chi connectivity index (χ0) is 19.0. The molecule has 2 aliphatic heterocycles. The molecule has 6 heteroatoms. The minimum absolute atomic E-state index is 0.00915. The first-order valence-corrected chi connectivity index (χ1v) is 9.03. The number of esters is 1. The third kappa shape index (κ3) is 3.07. The number of ether oxygens (including phenoxy) is 1. The molecule has 0 saturated carbocycles. The van der Waals surface area contributed by atoms with E-state index >= 15 is 0 Å². The van der Waals surface area contributed by atoms with E-state index in [1.165, 1.54) is 0 Å². The summed E-state index contributed by atoms with van der Waals surface area (Å²) in [6.07, 6.45) is 0.642. The second-order valence-electron chi connectivity index (χ2n) is 6.90. The van der Waals surface area contributed by atoms with Gasteiger partial charge in [0.05, 0.1) is 23.6 Å². The van der Waals surface area contributed by atoms with Crippen LogP contribution in [0.15, 0.2) is 48.5 Å². The molecule has 2 aliphatic rings. The Morgan fingerprint density at radius 3 is 2.41 bits per heavy atom. The number of nitrogens with zero attached hydrogens (tertiary/aromatic N) is 1. The number of carbonyl (C=O) groups is 3. The fraction of sp³-hybridized carbons (Fsp3) is 0.286. The van der Waals surface area contributed by atoms with Gasteiger partial charge in [-0.1, -0.05) is 30.3 Å². The van der Waals surface area contributed by atoms with Crippen molar-refractivity contribution in [3.05, 3.63) is 65.2 Å². The van der Waals surface area contributed by atoms with E-state index in [0.717, 1.165) is 16.2 Å². The largest absolute Gasteiger partial charge is 0.463 e. The molecule has 4 rings (SSSR count). The molecule has 0 spiro atoms. The van der Waals surface area contributed by atoms with Crippen LogP contribution in [0.1, 0.15) is 45.5 Å². The third-order valence-electron chi connectivity index (χ3n) is 5.05. The van der Waals surface area contributed by atoms with Crippen molar-refractivity contribution >= 4 is 23.5 Å². The molecule has 2 atom stereocenters. The predicted molar refractivity (Wildman–Crippen MR) is 99.7 cm³/mol. The lowest BCUT2D eigenvalue weighted by atomic mass is 9.87.